The van der Waals surface area contributed by atoms with E-state index in [4.69, 9.17) is 14.1 Å². The second-order valence-corrected chi connectivity index (χ2v) is 7.45. The van der Waals surface area contributed by atoms with Crippen LogP contribution >= 0.6 is 0 Å². The van der Waals surface area contributed by atoms with Gasteiger partial charge in [0.25, 0.3) is 5.56 Å². The molecule has 6 heteroatoms. The van der Waals surface area contributed by atoms with Crippen LogP contribution in [0.4, 0.5) is 5.82 Å². The zero-order chi connectivity index (χ0) is 20.1. The molecule has 0 unspecified atom stereocenters. The Bertz CT molecular complexity index is 1460. The third-order valence-electron chi connectivity index (χ3n) is 5.71. The Balaban J connectivity index is 1.63. The number of fused-ring (bicyclic) bond motifs is 4. The molecule has 0 aliphatic carbocycles. The Hall–Kier alpha value is -3.64. The summed E-state index contributed by atoms with van der Waals surface area (Å²) in [5.74, 6) is 0.688. The molecule has 1 saturated heterocycles. The lowest BCUT2D eigenvalue weighted by Gasteiger charge is -2.27. The van der Waals surface area contributed by atoms with Gasteiger partial charge in [-0.2, -0.15) is 0 Å². The Labute approximate surface area is 171 Å². The predicted molar refractivity (Wildman–Crippen MR) is 117 cm³/mol. The number of pyridine rings is 1. The molecule has 0 amide bonds. The van der Waals surface area contributed by atoms with Crippen LogP contribution in [0.1, 0.15) is 0 Å². The van der Waals surface area contributed by atoms with E-state index in [-0.39, 0.29) is 5.56 Å². The van der Waals surface area contributed by atoms with Gasteiger partial charge in [-0.25, -0.2) is 4.98 Å². The van der Waals surface area contributed by atoms with Gasteiger partial charge in [-0.3, -0.25) is 9.20 Å². The van der Waals surface area contributed by atoms with Crippen LogP contribution in [-0.4, -0.2) is 35.7 Å². The second kappa shape index (κ2) is 6.71. The minimum Gasteiger partial charge on any atom is -0.455 e. The van der Waals surface area contributed by atoms with Gasteiger partial charge in [0.2, 0.25) is 0 Å². The Kier molecular flexibility index (Phi) is 3.86. The molecule has 5 aromatic rings. The molecule has 1 aliphatic rings. The van der Waals surface area contributed by atoms with Crippen LogP contribution in [0.2, 0.25) is 0 Å². The first-order valence-corrected chi connectivity index (χ1v) is 10.1. The number of morpholine rings is 1. The highest BCUT2D eigenvalue weighted by atomic mass is 16.5. The van der Waals surface area contributed by atoms with Crippen LogP contribution < -0.4 is 10.5 Å². The standard InChI is InChI=1S/C24H19N3O3/c28-22-15-21(26-11-13-29-14-12-26)25-24-19(8-4-10-27(22)24)18-7-3-6-17-16-5-1-2-9-20(16)30-23(17)18/h1-10,15H,11-14H2. The van der Waals surface area contributed by atoms with E-state index in [2.05, 4.69) is 17.0 Å². The van der Waals surface area contributed by atoms with Gasteiger partial charge in [0, 0.05) is 47.3 Å². The van der Waals surface area contributed by atoms with Crippen molar-refractivity contribution in [2.24, 2.45) is 0 Å². The van der Waals surface area contributed by atoms with Gasteiger partial charge in [-0.1, -0.05) is 36.4 Å². The molecule has 148 valence electrons. The average molecular weight is 397 g/mol. The lowest BCUT2D eigenvalue weighted by atomic mass is 10.0. The predicted octanol–water partition coefficient (Wildman–Crippen LogP) is 4.10. The zero-order valence-corrected chi connectivity index (χ0v) is 16.2. The molecule has 0 bridgehead atoms. The fourth-order valence-electron chi connectivity index (χ4n) is 4.24. The summed E-state index contributed by atoms with van der Waals surface area (Å²) in [7, 11) is 0. The quantitative estimate of drug-likeness (QED) is 0.449. The van der Waals surface area contributed by atoms with Crippen molar-refractivity contribution in [3.63, 3.8) is 0 Å². The monoisotopic (exact) mass is 397 g/mol. The van der Waals surface area contributed by atoms with E-state index in [0.29, 0.717) is 24.7 Å². The number of para-hydroxylation sites is 2. The van der Waals surface area contributed by atoms with E-state index in [9.17, 15) is 4.79 Å². The molecule has 0 spiro atoms. The van der Waals surface area contributed by atoms with Crippen molar-refractivity contribution in [1.82, 2.24) is 9.38 Å². The van der Waals surface area contributed by atoms with E-state index in [0.717, 1.165) is 46.2 Å². The van der Waals surface area contributed by atoms with E-state index < -0.39 is 0 Å². The number of anilines is 1. The highest BCUT2D eigenvalue weighted by Gasteiger charge is 2.18. The summed E-state index contributed by atoms with van der Waals surface area (Å²) in [5.41, 5.74) is 3.97. The Morgan fingerprint density at radius 1 is 0.867 bits per heavy atom. The topological polar surface area (TPSA) is 60.0 Å². The molecule has 4 heterocycles. The smallest absolute Gasteiger partial charge is 0.259 e. The van der Waals surface area contributed by atoms with Gasteiger partial charge >= 0.3 is 0 Å². The summed E-state index contributed by atoms with van der Waals surface area (Å²) in [5, 5.41) is 2.13. The highest BCUT2D eigenvalue weighted by molar-refractivity contribution is 6.10. The van der Waals surface area contributed by atoms with Gasteiger partial charge in [0.05, 0.1) is 13.2 Å². The normalized spacial score (nSPS) is 14.7. The number of hydrogen-bond acceptors (Lipinski definition) is 5. The van der Waals surface area contributed by atoms with Gasteiger partial charge in [-0.15, -0.1) is 0 Å². The fraction of sp³-hybridized carbons (Fsp3) is 0.167. The summed E-state index contributed by atoms with van der Waals surface area (Å²) in [6.45, 7) is 2.73. The molecule has 0 N–H and O–H groups in total. The SMILES string of the molecule is O=c1cc(N2CCOCC2)nc2c(-c3cccc4c3oc3ccccc34)cccn12. The molecule has 6 rings (SSSR count). The minimum atomic E-state index is -0.0971. The second-order valence-electron chi connectivity index (χ2n) is 7.45. The Morgan fingerprint density at radius 2 is 1.67 bits per heavy atom. The van der Waals surface area contributed by atoms with Crippen molar-refractivity contribution in [3.8, 4) is 11.1 Å². The first-order chi connectivity index (χ1) is 14.8. The van der Waals surface area contributed by atoms with Crippen LogP contribution in [-0.2, 0) is 4.74 Å². The molecule has 0 radical (unpaired) electrons. The van der Waals surface area contributed by atoms with Crippen LogP contribution in [0, 0.1) is 0 Å². The molecule has 0 atom stereocenters. The number of rotatable bonds is 2. The van der Waals surface area contributed by atoms with Gasteiger partial charge in [0.1, 0.15) is 22.6 Å². The zero-order valence-electron chi connectivity index (χ0n) is 16.2. The lowest BCUT2D eigenvalue weighted by Crippen LogP contribution is -2.37. The van der Waals surface area contributed by atoms with Crippen molar-refractivity contribution in [1.29, 1.82) is 0 Å². The molecular weight excluding hydrogens is 378 g/mol. The maximum atomic E-state index is 12.9. The molecule has 30 heavy (non-hydrogen) atoms. The van der Waals surface area contributed by atoms with Crippen LogP contribution in [0.5, 0.6) is 0 Å². The van der Waals surface area contributed by atoms with E-state index in [1.54, 1.807) is 16.7 Å². The van der Waals surface area contributed by atoms with Crippen molar-refractivity contribution < 1.29 is 9.15 Å². The van der Waals surface area contributed by atoms with Crippen molar-refractivity contribution >= 4 is 33.4 Å². The van der Waals surface area contributed by atoms with Crippen LogP contribution in [0.15, 0.2) is 76.1 Å². The first kappa shape index (κ1) is 17.2. The number of ether oxygens (including phenoxy) is 1. The molecule has 1 aliphatic heterocycles. The van der Waals surface area contributed by atoms with E-state index in [1.165, 1.54) is 0 Å². The number of nitrogens with zero attached hydrogens (tertiary/aromatic N) is 3. The molecular formula is C24H19N3O3. The summed E-state index contributed by atoms with van der Waals surface area (Å²) < 4.78 is 13.3. The average Bonchev–Trinajstić information content (AvgIpc) is 3.18. The van der Waals surface area contributed by atoms with Crippen molar-refractivity contribution in [3.05, 3.63) is 77.2 Å². The lowest BCUT2D eigenvalue weighted by molar-refractivity contribution is 0.122. The molecule has 3 aromatic heterocycles. The van der Waals surface area contributed by atoms with E-state index >= 15 is 0 Å². The summed E-state index contributed by atoms with van der Waals surface area (Å²) in [6.07, 6.45) is 1.76. The van der Waals surface area contributed by atoms with Gasteiger partial charge in [0.15, 0.2) is 0 Å². The van der Waals surface area contributed by atoms with Gasteiger partial charge in [-0.05, 0) is 18.2 Å². The van der Waals surface area contributed by atoms with E-state index in [1.807, 2.05) is 42.5 Å². The first-order valence-electron chi connectivity index (χ1n) is 10.1. The Morgan fingerprint density at radius 3 is 2.57 bits per heavy atom. The highest BCUT2D eigenvalue weighted by Crippen LogP contribution is 2.36. The fourth-order valence-corrected chi connectivity index (χ4v) is 4.24. The maximum absolute atomic E-state index is 12.9. The molecule has 0 saturated carbocycles. The largest absolute Gasteiger partial charge is 0.455 e. The van der Waals surface area contributed by atoms with Crippen molar-refractivity contribution in [2.45, 2.75) is 0 Å². The molecule has 2 aromatic carbocycles. The molecule has 6 nitrogen and oxygen atoms in total. The summed E-state index contributed by atoms with van der Waals surface area (Å²) >= 11 is 0. The van der Waals surface area contributed by atoms with Crippen LogP contribution in [0.25, 0.3) is 38.7 Å². The van der Waals surface area contributed by atoms with Crippen molar-refractivity contribution in [2.75, 3.05) is 31.2 Å². The van der Waals surface area contributed by atoms with Gasteiger partial charge < -0.3 is 14.1 Å². The number of aromatic nitrogens is 2. The number of hydrogen-bond donors (Lipinski definition) is 0. The summed E-state index contributed by atoms with van der Waals surface area (Å²) in [4.78, 5) is 19.9. The molecule has 1 fully saturated rings. The third kappa shape index (κ3) is 2.61. The number of benzene rings is 2. The maximum Gasteiger partial charge on any atom is 0.259 e. The van der Waals surface area contributed by atoms with Crippen LogP contribution in [0.3, 0.4) is 0 Å². The summed E-state index contributed by atoms with van der Waals surface area (Å²) in [6, 6.07) is 19.6. The minimum absolute atomic E-state index is 0.0971. The number of furan rings is 1. The third-order valence-corrected chi connectivity index (χ3v) is 5.71.